The van der Waals surface area contributed by atoms with Crippen LogP contribution in [0.3, 0.4) is 0 Å². The van der Waals surface area contributed by atoms with Crippen molar-refractivity contribution in [2.45, 2.75) is 14.7 Å². The van der Waals surface area contributed by atoms with E-state index in [9.17, 15) is 40.0 Å². The van der Waals surface area contributed by atoms with Gasteiger partial charge in [0.25, 0.3) is 30.3 Å². The lowest BCUT2D eigenvalue weighted by Gasteiger charge is -2.11. The highest BCUT2D eigenvalue weighted by Crippen LogP contribution is 2.38. The minimum atomic E-state index is -4.50. The van der Waals surface area contributed by atoms with Crippen molar-refractivity contribution in [2.75, 3.05) is 10.5 Å². The molecule has 0 radical (unpaired) electrons. The van der Waals surface area contributed by atoms with E-state index in [4.69, 9.17) is 10.3 Å². The topological polar surface area (TPSA) is 271 Å². The molecule has 0 aromatic heterocycles. The molecule has 0 atom stereocenters. The zero-order chi connectivity index (χ0) is 31.6. The van der Waals surface area contributed by atoms with E-state index in [2.05, 4.69) is 25.2 Å². The van der Waals surface area contributed by atoms with E-state index < -0.39 is 46.7 Å². The van der Waals surface area contributed by atoms with Crippen molar-refractivity contribution < 1.29 is 44.6 Å². The molecule has 4 aromatic carbocycles. The van der Waals surface area contributed by atoms with Gasteiger partial charge < -0.3 is 15.9 Å². The minimum absolute atomic E-state index is 0.0561. The van der Waals surface area contributed by atoms with Gasteiger partial charge in [0.1, 0.15) is 22.9 Å². The number of rotatable bonds is 9. The van der Waals surface area contributed by atoms with Gasteiger partial charge in [0.05, 0.1) is 37.4 Å². The molecule has 0 amide bonds. The SMILES string of the molecule is Nc1ccc(S(=O)(=O)O)cc1N=Nc1ccc(S(=O)(=O)Nc2cc(N=Nc3ccc(S(=O)(=O)O)cc3)c(O)cc2O)cc1. The zero-order valence-electron chi connectivity index (χ0n) is 21.3. The summed E-state index contributed by atoms with van der Waals surface area (Å²) < 4.78 is 91.3. The van der Waals surface area contributed by atoms with Gasteiger partial charge in [-0.3, -0.25) is 13.8 Å². The maximum atomic E-state index is 12.9. The van der Waals surface area contributed by atoms with E-state index in [0.717, 1.165) is 36.4 Å². The van der Waals surface area contributed by atoms with Gasteiger partial charge in [-0.2, -0.15) is 27.1 Å². The molecule has 224 valence electrons. The quantitative estimate of drug-likeness (QED) is 0.0471. The Morgan fingerprint density at radius 1 is 0.558 bits per heavy atom. The molecular weight excluding hydrogens is 628 g/mol. The molecule has 0 aliphatic heterocycles. The highest BCUT2D eigenvalue weighted by atomic mass is 32.2. The lowest BCUT2D eigenvalue weighted by Crippen LogP contribution is -2.12. The largest absolute Gasteiger partial charge is 0.506 e. The molecule has 43 heavy (non-hydrogen) atoms. The molecule has 0 fully saturated rings. The van der Waals surface area contributed by atoms with Gasteiger partial charge in [0.2, 0.25) is 0 Å². The number of phenols is 2. The van der Waals surface area contributed by atoms with E-state index in [1.54, 1.807) is 0 Å². The van der Waals surface area contributed by atoms with Crippen LogP contribution in [-0.2, 0) is 30.3 Å². The molecule has 0 aliphatic rings. The lowest BCUT2D eigenvalue weighted by molar-refractivity contribution is 0.452. The smallest absolute Gasteiger partial charge is 0.294 e. The number of sulfonamides is 1. The Kier molecular flexibility index (Phi) is 8.46. The summed E-state index contributed by atoms with van der Waals surface area (Å²) in [6, 6.07) is 14.6. The maximum Gasteiger partial charge on any atom is 0.294 e. The van der Waals surface area contributed by atoms with Gasteiger partial charge in [-0.15, -0.1) is 10.2 Å². The molecule has 0 bridgehead atoms. The molecule has 0 aliphatic carbocycles. The van der Waals surface area contributed by atoms with Crippen LogP contribution in [-0.4, -0.2) is 44.6 Å². The Hall–Kier alpha value is -4.95. The summed E-state index contributed by atoms with van der Waals surface area (Å²) in [6.07, 6.45) is 0. The summed E-state index contributed by atoms with van der Waals surface area (Å²) in [5, 5.41) is 35.7. The fourth-order valence-electron chi connectivity index (χ4n) is 3.30. The first-order chi connectivity index (χ1) is 20.0. The second kappa shape index (κ2) is 11.7. The highest BCUT2D eigenvalue weighted by Gasteiger charge is 2.18. The fourth-order valence-corrected chi connectivity index (χ4v) is 5.35. The van der Waals surface area contributed by atoms with Crippen molar-refractivity contribution in [1.29, 1.82) is 0 Å². The highest BCUT2D eigenvalue weighted by molar-refractivity contribution is 7.92. The number of nitrogens with zero attached hydrogens (tertiary/aromatic N) is 4. The third-order valence-electron chi connectivity index (χ3n) is 5.46. The van der Waals surface area contributed by atoms with Crippen molar-refractivity contribution in [3.63, 3.8) is 0 Å². The Morgan fingerprint density at radius 2 is 1.05 bits per heavy atom. The van der Waals surface area contributed by atoms with Crippen LogP contribution >= 0.6 is 0 Å². The van der Waals surface area contributed by atoms with Gasteiger partial charge in [0.15, 0.2) is 0 Å². The van der Waals surface area contributed by atoms with Crippen LogP contribution < -0.4 is 10.5 Å². The van der Waals surface area contributed by atoms with Gasteiger partial charge in [-0.05, 0) is 72.8 Å². The number of anilines is 2. The monoisotopic (exact) mass is 648 g/mol. The van der Waals surface area contributed by atoms with E-state index in [-0.39, 0.29) is 43.9 Å². The number of nitrogens with two attached hydrogens (primary N) is 1. The summed E-state index contributed by atoms with van der Waals surface area (Å²) in [5.41, 5.74) is 5.46. The van der Waals surface area contributed by atoms with Crippen molar-refractivity contribution in [3.05, 3.63) is 78.9 Å². The van der Waals surface area contributed by atoms with E-state index in [1.165, 1.54) is 42.5 Å². The van der Waals surface area contributed by atoms with E-state index in [0.29, 0.717) is 0 Å². The molecule has 0 saturated carbocycles. The number of hydrogen-bond donors (Lipinski definition) is 6. The Bertz CT molecular complexity index is 2080. The summed E-state index contributed by atoms with van der Waals surface area (Å²) in [7, 11) is -13.2. The molecule has 0 unspecified atom stereocenters. The first-order valence-corrected chi connectivity index (χ1v) is 15.9. The maximum absolute atomic E-state index is 12.9. The molecule has 19 heteroatoms. The van der Waals surface area contributed by atoms with Crippen molar-refractivity contribution in [2.24, 2.45) is 20.5 Å². The number of azo groups is 2. The van der Waals surface area contributed by atoms with Crippen LogP contribution in [0.25, 0.3) is 0 Å². The molecule has 0 heterocycles. The van der Waals surface area contributed by atoms with Crippen molar-refractivity contribution >= 4 is 64.4 Å². The van der Waals surface area contributed by atoms with Gasteiger partial charge in [-0.1, -0.05) is 0 Å². The molecule has 0 saturated heterocycles. The number of benzene rings is 4. The van der Waals surface area contributed by atoms with Crippen LogP contribution in [0.5, 0.6) is 11.5 Å². The summed E-state index contributed by atoms with van der Waals surface area (Å²) in [6.45, 7) is 0. The molecule has 16 nitrogen and oxygen atoms in total. The number of nitrogens with one attached hydrogen (secondary N) is 1. The molecule has 4 rings (SSSR count). The Labute approximate surface area is 244 Å². The number of phenolic OH excluding ortho intramolecular Hbond substituents is 2. The normalized spacial score (nSPS) is 12.6. The van der Waals surface area contributed by atoms with Crippen molar-refractivity contribution in [1.82, 2.24) is 0 Å². The summed E-state index contributed by atoms with van der Waals surface area (Å²) in [4.78, 5) is -1.07. The first kappa shape index (κ1) is 31.0. The fraction of sp³-hybridized carbons (Fsp3) is 0. The second-order valence-electron chi connectivity index (χ2n) is 8.52. The third kappa shape index (κ3) is 7.67. The van der Waals surface area contributed by atoms with Gasteiger partial charge >= 0.3 is 0 Å². The Morgan fingerprint density at radius 3 is 1.58 bits per heavy atom. The molecular formula is C24H20N6O10S3. The van der Waals surface area contributed by atoms with Gasteiger partial charge in [0, 0.05) is 6.07 Å². The van der Waals surface area contributed by atoms with Crippen LogP contribution in [0.4, 0.5) is 34.1 Å². The lowest BCUT2D eigenvalue weighted by atomic mass is 10.2. The second-order valence-corrected chi connectivity index (χ2v) is 13.0. The predicted molar refractivity (Wildman–Crippen MR) is 152 cm³/mol. The van der Waals surface area contributed by atoms with E-state index in [1.807, 2.05) is 0 Å². The van der Waals surface area contributed by atoms with Crippen molar-refractivity contribution in [3.8, 4) is 11.5 Å². The number of hydrogen-bond acceptors (Lipinski definition) is 13. The van der Waals surface area contributed by atoms with Crippen LogP contribution in [0.2, 0.25) is 0 Å². The number of nitrogen functional groups attached to an aromatic ring is 1. The standard InChI is InChI=1S/C24H20N6O10S3/c25-19-10-9-18(43(38,39)40)11-20(19)28-26-14-1-5-16(6-2-14)41(33,34)30-22-12-21(23(31)13-24(22)32)29-27-15-3-7-17(8-4-15)42(35,36)37/h1-13,30-32H,25H2,(H,35,36,37)(H,38,39,40). The third-order valence-corrected chi connectivity index (χ3v) is 8.56. The zero-order valence-corrected chi connectivity index (χ0v) is 23.8. The molecule has 7 N–H and O–H groups in total. The predicted octanol–water partition coefficient (Wildman–Crippen LogP) is 4.81. The average molecular weight is 649 g/mol. The summed E-state index contributed by atoms with van der Waals surface area (Å²) in [5.74, 6) is -1.18. The number of aromatic hydroxyl groups is 2. The molecule has 0 spiro atoms. The van der Waals surface area contributed by atoms with E-state index >= 15 is 0 Å². The van der Waals surface area contributed by atoms with Crippen LogP contribution in [0.15, 0.2) is 114 Å². The summed E-state index contributed by atoms with van der Waals surface area (Å²) >= 11 is 0. The van der Waals surface area contributed by atoms with Gasteiger partial charge in [-0.25, -0.2) is 8.42 Å². The first-order valence-electron chi connectivity index (χ1n) is 11.5. The minimum Gasteiger partial charge on any atom is -0.506 e. The Balaban J connectivity index is 1.53. The molecule has 4 aromatic rings. The van der Waals surface area contributed by atoms with Crippen LogP contribution in [0.1, 0.15) is 0 Å². The van der Waals surface area contributed by atoms with Crippen LogP contribution in [0, 0.1) is 0 Å². The average Bonchev–Trinajstić information content (AvgIpc) is 2.92.